The summed E-state index contributed by atoms with van der Waals surface area (Å²) in [5.41, 5.74) is 0.936. The third-order valence-electron chi connectivity index (χ3n) is 7.69. The Hall–Kier alpha value is -4.12. The minimum Gasteiger partial charge on any atom is -0.373 e. The van der Waals surface area contributed by atoms with Gasteiger partial charge in [-0.15, -0.1) is 5.10 Å². The molecule has 0 bridgehead atoms. The van der Waals surface area contributed by atoms with Gasteiger partial charge in [0.1, 0.15) is 23.4 Å². The summed E-state index contributed by atoms with van der Waals surface area (Å²) in [6.07, 6.45) is 2.85. The van der Waals surface area contributed by atoms with Crippen molar-refractivity contribution in [3.8, 4) is 0 Å². The maximum Gasteiger partial charge on any atom is 0.263 e. The Morgan fingerprint density at radius 3 is 2.60 bits per heavy atom. The summed E-state index contributed by atoms with van der Waals surface area (Å²) in [5.74, 6) is 0.643. The summed E-state index contributed by atoms with van der Waals surface area (Å²) < 4.78 is 30.6. The Bertz CT molecular complexity index is 1860. The molecule has 1 saturated carbocycles. The molecule has 9 nitrogen and oxygen atoms in total. The smallest absolute Gasteiger partial charge is 0.263 e. The number of hydrogen-bond donors (Lipinski definition) is 2. The van der Waals surface area contributed by atoms with Crippen LogP contribution in [0.2, 0.25) is 5.02 Å². The van der Waals surface area contributed by atoms with Crippen molar-refractivity contribution in [2.75, 3.05) is 17.2 Å². The molecule has 0 amide bonds. The quantitative estimate of drug-likeness (QED) is 0.223. The Kier molecular flexibility index (Phi) is 6.87. The fourth-order valence-corrected chi connectivity index (χ4v) is 5.40. The molecule has 6 rings (SSSR count). The maximum atomic E-state index is 13.9. The predicted molar refractivity (Wildman–Crippen MR) is 160 cm³/mol. The molecule has 218 valence electrons. The van der Waals surface area contributed by atoms with Crippen molar-refractivity contribution in [2.45, 2.75) is 51.6 Å². The van der Waals surface area contributed by atoms with E-state index in [0.29, 0.717) is 57.9 Å². The number of benzene rings is 2. The molecule has 0 saturated heterocycles. The second kappa shape index (κ2) is 10.3. The van der Waals surface area contributed by atoms with Gasteiger partial charge in [-0.1, -0.05) is 49.7 Å². The standard InChI is InChI=1S/C30H31ClF2N8O/c1-29(2,3)15-34-26-21-12-17(13-22(31)24(21)35-16-36-26)37-25(23-14-41(39-38-23)30(9-10-30)28(32)33)19-6-5-7-20-18(19)8-11-40(4)27(20)42/h5-8,11-14,16,25,28,37H,9-10,15H2,1-4H3,(H,34,35,36). The van der Waals surface area contributed by atoms with Crippen LogP contribution in [0.25, 0.3) is 21.7 Å². The largest absolute Gasteiger partial charge is 0.373 e. The van der Waals surface area contributed by atoms with Gasteiger partial charge in [0.25, 0.3) is 12.0 Å². The van der Waals surface area contributed by atoms with E-state index in [9.17, 15) is 13.6 Å². The number of aryl methyl sites for hydroxylation is 1. The zero-order valence-corrected chi connectivity index (χ0v) is 24.5. The molecule has 2 N–H and O–H groups in total. The van der Waals surface area contributed by atoms with E-state index in [1.165, 1.54) is 15.6 Å². The number of nitrogens with one attached hydrogen (secondary N) is 2. The van der Waals surface area contributed by atoms with Gasteiger partial charge in [-0.3, -0.25) is 4.79 Å². The average Bonchev–Trinajstić information content (AvgIpc) is 3.62. The third-order valence-corrected chi connectivity index (χ3v) is 7.98. The Labute approximate surface area is 245 Å². The van der Waals surface area contributed by atoms with Crippen molar-refractivity contribution >= 4 is 44.8 Å². The van der Waals surface area contributed by atoms with E-state index >= 15 is 0 Å². The fourth-order valence-electron chi connectivity index (χ4n) is 5.13. The molecule has 1 aliphatic carbocycles. The van der Waals surface area contributed by atoms with Gasteiger partial charge in [0.2, 0.25) is 0 Å². The van der Waals surface area contributed by atoms with E-state index in [0.717, 1.165) is 10.9 Å². The van der Waals surface area contributed by atoms with Gasteiger partial charge >= 0.3 is 0 Å². The van der Waals surface area contributed by atoms with Crippen molar-refractivity contribution in [3.63, 3.8) is 0 Å². The Morgan fingerprint density at radius 2 is 1.88 bits per heavy atom. The zero-order chi connectivity index (χ0) is 29.8. The molecule has 1 unspecified atom stereocenters. The molecular formula is C30H31ClF2N8O. The monoisotopic (exact) mass is 592 g/mol. The molecule has 5 aromatic rings. The lowest BCUT2D eigenvalue weighted by Gasteiger charge is -2.22. The van der Waals surface area contributed by atoms with Crippen LogP contribution in [0.3, 0.4) is 0 Å². The summed E-state index contributed by atoms with van der Waals surface area (Å²) in [6.45, 7) is 7.05. The van der Waals surface area contributed by atoms with Crippen LogP contribution in [0.15, 0.2) is 59.9 Å². The van der Waals surface area contributed by atoms with Crippen molar-refractivity contribution in [1.29, 1.82) is 0 Å². The maximum absolute atomic E-state index is 13.9. The van der Waals surface area contributed by atoms with Crippen LogP contribution < -0.4 is 16.2 Å². The van der Waals surface area contributed by atoms with E-state index in [-0.39, 0.29) is 11.0 Å². The predicted octanol–water partition coefficient (Wildman–Crippen LogP) is 6.14. The van der Waals surface area contributed by atoms with Gasteiger partial charge in [0, 0.05) is 36.2 Å². The molecule has 1 fully saturated rings. The van der Waals surface area contributed by atoms with Crippen LogP contribution in [-0.2, 0) is 12.6 Å². The normalized spacial score (nSPS) is 15.3. The highest BCUT2D eigenvalue weighted by molar-refractivity contribution is 6.35. The lowest BCUT2D eigenvalue weighted by Crippen LogP contribution is -2.26. The summed E-state index contributed by atoms with van der Waals surface area (Å²) in [4.78, 5) is 21.8. The van der Waals surface area contributed by atoms with E-state index < -0.39 is 18.0 Å². The van der Waals surface area contributed by atoms with Gasteiger partial charge in [0.05, 0.1) is 22.8 Å². The minimum atomic E-state index is -2.56. The van der Waals surface area contributed by atoms with E-state index in [1.54, 1.807) is 37.6 Å². The molecule has 3 heterocycles. The molecule has 2 aromatic carbocycles. The average molecular weight is 593 g/mol. The number of aromatic nitrogens is 6. The van der Waals surface area contributed by atoms with Gasteiger partial charge < -0.3 is 15.2 Å². The molecule has 0 radical (unpaired) electrons. The van der Waals surface area contributed by atoms with Crippen LogP contribution >= 0.6 is 11.6 Å². The SMILES string of the molecule is Cn1ccc2c(C(Nc3cc(Cl)c4ncnc(NCC(C)(C)C)c4c3)c3cn(C4(C(F)F)CC4)nn3)cccc2c1=O. The van der Waals surface area contributed by atoms with Crippen molar-refractivity contribution in [2.24, 2.45) is 12.5 Å². The molecule has 42 heavy (non-hydrogen) atoms. The second-order valence-corrected chi connectivity index (χ2v) is 12.5. The highest BCUT2D eigenvalue weighted by Crippen LogP contribution is 2.48. The zero-order valence-electron chi connectivity index (χ0n) is 23.7. The van der Waals surface area contributed by atoms with E-state index in [4.69, 9.17) is 11.6 Å². The van der Waals surface area contributed by atoms with Gasteiger partial charge in [-0.05, 0) is 53.5 Å². The fraction of sp³-hybridized carbons (Fsp3) is 0.367. The van der Waals surface area contributed by atoms with Crippen LogP contribution in [0.4, 0.5) is 20.3 Å². The Morgan fingerprint density at radius 1 is 1.10 bits per heavy atom. The summed E-state index contributed by atoms with van der Waals surface area (Å²) in [7, 11) is 1.69. The molecule has 12 heteroatoms. The lowest BCUT2D eigenvalue weighted by atomic mass is 9.97. The number of rotatable bonds is 8. The van der Waals surface area contributed by atoms with Crippen molar-refractivity contribution in [1.82, 2.24) is 29.5 Å². The van der Waals surface area contributed by atoms with E-state index in [1.807, 2.05) is 18.2 Å². The number of halogens is 3. The van der Waals surface area contributed by atoms with E-state index in [2.05, 4.69) is 51.7 Å². The number of anilines is 2. The van der Waals surface area contributed by atoms with Crippen LogP contribution in [0.5, 0.6) is 0 Å². The molecule has 3 aromatic heterocycles. The summed E-state index contributed by atoms with van der Waals surface area (Å²) >= 11 is 6.72. The highest BCUT2D eigenvalue weighted by atomic mass is 35.5. The van der Waals surface area contributed by atoms with Crippen LogP contribution in [-0.4, -0.2) is 42.5 Å². The number of alkyl halides is 2. The summed E-state index contributed by atoms with van der Waals surface area (Å²) in [5, 5.41) is 17.8. The first-order valence-corrected chi connectivity index (χ1v) is 14.1. The molecule has 0 spiro atoms. The van der Waals surface area contributed by atoms with Crippen molar-refractivity contribution < 1.29 is 8.78 Å². The van der Waals surface area contributed by atoms with Crippen LogP contribution in [0, 0.1) is 5.41 Å². The van der Waals surface area contributed by atoms with Crippen molar-refractivity contribution in [3.05, 3.63) is 81.8 Å². The third kappa shape index (κ3) is 5.06. The summed E-state index contributed by atoms with van der Waals surface area (Å²) in [6, 6.07) is 10.3. The first kappa shape index (κ1) is 28.0. The number of hydrogen-bond acceptors (Lipinski definition) is 7. The molecule has 0 aliphatic heterocycles. The van der Waals surface area contributed by atoms with Crippen LogP contribution in [0.1, 0.15) is 50.9 Å². The first-order chi connectivity index (χ1) is 20.0. The number of pyridine rings is 1. The molecule has 1 aliphatic rings. The first-order valence-electron chi connectivity index (χ1n) is 13.7. The Balaban J connectivity index is 1.48. The van der Waals surface area contributed by atoms with Gasteiger partial charge in [-0.25, -0.2) is 23.4 Å². The molecular weight excluding hydrogens is 562 g/mol. The highest BCUT2D eigenvalue weighted by Gasteiger charge is 2.54. The number of nitrogens with zero attached hydrogens (tertiary/aromatic N) is 6. The second-order valence-electron chi connectivity index (χ2n) is 12.1. The van der Waals surface area contributed by atoms with Gasteiger partial charge in [0.15, 0.2) is 0 Å². The molecule has 1 atom stereocenters. The lowest BCUT2D eigenvalue weighted by molar-refractivity contribution is 0.0593. The minimum absolute atomic E-state index is 0.0103. The number of fused-ring (bicyclic) bond motifs is 2. The topological polar surface area (TPSA) is 103 Å². The van der Waals surface area contributed by atoms with Gasteiger partial charge in [-0.2, -0.15) is 0 Å².